The summed E-state index contributed by atoms with van der Waals surface area (Å²) in [7, 11) is 0. The molecule has 21 rings (SSSR count). The van der Waals surface area contributed by atoms with Crippen LogP contribution in [0.15, 0.2) is 365 Å². The third kappa shape index (κ3) is 10.4. The Balaban J connectivity index is 0.873. The first-order valence-electron chi connectivity index (χ1n) is 36.5. The first-order valence-corrected chi connectivity index (χ1v) is 36.5. The maximum absolute atomic E-state index is 5.39. The van der Waals surface area contributed by atoms with Gasteiger partial charge < -0.3 is 0 Å². The van der Waals surface area contributed by atoms with E-state index in [2.05, 4.69) is 349 Å². The van der Waals surface area contributed by atoms with E-state index in [1.807, 2.05) is 49.1 Å². The number of pyridine rings is 4. The smallest absolute Gasteiger partial charge is 0.137 e. The van der Waals surface area contributed by atoms with E-state index in [1.165, 1.54) is 65.2 Å². The normalized spacial score (nSPS) is 12.5. The van der Waals surface area contributed by atoms with Crippen molar-refractivity contribution in [1.29, 1.82) is 0 Å². The highest BCUT2D eigenvalue weighted by atomic mass is 15.2. The van der Waals surface area contributed by atoms with Gasteiger partial charge in [-0.1, -0.05) is 172 Å². The molecule has 0 saturated heterocycles. The van der Waals surface area contributed by atoms with Crippen LogP contribution in [0, 0.1) is 0 Å². The lowest BCUT2D eigenvalue weighted by molar-refractivity contribution is 0.661. The van der Waals surface area contributed by atoms with Gasteiger partial charge in [0.15, 0.2) is 0 Å². The van der Waals surface area contributed by atoms with Crippen molar-refractivity contribution in [3.63, 3.8) is 0 Å². The quantitative estimate of drug-likeness (QED) is 0.0886. The molecule has 1 aliphatic rings. The summed E-state index contributed by atoms with van der Waals surface area (Å²) >= 11 is 0. The molecule has 0 bridgehead atoms. The fourth-order valence-electron chi connectivity index (χ4n) is 16.9. The number of nitrogens with zero attached hydrogens (tertiary/aromatic N) is 8. The summed E-state index contributed by atoms with van der Waals surface area (Å²) in [4.78, 5) is 30.5. The Morgan fingerprint density at radius 2 is 0.467 bits per heavy atom. The van der Waals surface area contributed by atoms with Gasteiger partial charge in [-0.05, 0) is 290 Å². The summed E-state index contributed by atoms with van der Waals surface area (Å²) in [5.41, 5.74) is 12.0. The second-order valence-corrected chi connectivity index (χ2v) is 28.7. The molecule has 8 nitrogen and oxygen atoms in total. The largest absolute Gasteiger partial charge is 0.295 e. The SMILES string of the molecule is CC1(C)c2cc(N(c3ccc4cc5ccccc5cc4c3)c3ccccn3)ccc2-c2cc3c(N(c4ccc5cc6ccccc6cc5c4)c4ccccn4)c4cc(N(c5ccc6cc7ccccc7cc6c5)c5ccccn5)ccc4c(N(c4ccc5cc6ccccc6cc5c4)c4ccccn4)c3cc21. The summed E-state index contributed by atoms with van der Waals surface area (Å²) in [6.07, 6.45) is 7.61. The molecule has 16 aromatic carbocycles. The Hall–Kier alpha value is -14.1. The Labute approximate surface area is 618 Å². The van der Waals surface area contributed by atoms with Crippen LogP contribution in [0.5, 0.6) is 0 Å². The van der Waals surface area contributed by atoms with Crippen molar-refractivity contribution in [3.05, 3.63) is 376 Å². The number of benzene rings is 16. The first kappa shape index (κ1) is 61.6. The molecule has 0 spiro atoms. The predicted octanol–water partition coefficient (Wildman–Crippen LogP) is 27.0. The van der Waals surface area contributed by atoms with Crippen LogP contribution in [0.1, 0.15) is 25.0 Å². The zero-order chi connectivity index (χ0) is 70.8. The summed E-state index contributed by atoms with van der Waals surface area (Å²) in [6.45, 7) is 4.80. The van der Waals surface area contributed by atoms with E-state index in [1.54, 1.807) is 0 Å². The fourth-order valence-corrected chi connectivity index (χ4v) is 16.9. The second-order valence-electron chi connectivity index (χ2n) is 28.7. The van der Waals surface area contributed by atoms with E-state index in [4.69, 9.17) is 19.9 Å². The molecule has 0 N–H and O–H groups in total. The number of anilines is 12. The van der Waals surface area contributed by atoms with Gasteiger partial charge in [0.05, 0.1) is 11.4 Å². The molecule has 0 fully saturated rings. The van der Waals surface area contributed by atoms with Crippen molar-refractivity contribution < 1.29 is 0 Å². The number of rotatable bonds is 12. The lowest BCUT2D eigenvalue weighted by atomic mass is 9.81. The van der Waals surface area contributed by atoms with Gasteiger partial charge in [0.25, 0.3) is 0 Å². The summed E-state index contributed by atoms with van der Waals surface area (Å²) in [5, 5.41) is 22.8. The minimum Gasteiger partial charge on any atom is -0.295 e. The topological polar surface area (TPSA) is 64.5 Å². The molecule has 1 aliphatic carbocycles. The van der Waals surface area contributed by atoms with Crippen LogP contribution in [-0.2, 0) is 5.41 Å². The van der Waals surface area contributed by atoms with E-state index in [9.17, 15) is 0 Å². The van der Waals surface area contributed by atoms with Crippen LogP contribution in [0.25, 0.3) is 119 Å². The van der Waals surface area contributed by atoms with Gasteiger partial charge in [-0.3, -0.25) is 19.6 Å². The fraction of sp³-hybridized carbons (Fsp3) is 0.0303. The first-order chi connectivity index (χ1) is 52.7. The van der Waals surface area contributed by atoms with Gasteiger partial charge in [-0.15, -0.1) is 0 Å². The van der Waals surface area contributed by atoms with Gasteiger partial charge in [0, 0.05) is 85.9 Å². The van der Waals surface area contributed by atoms with Gasteiger partial charge >= 0.3 is 0 Å². The van der Waals surface area contributed by atoms with Crippen LogP contribution in [0.4, 0.5) is 68.8 Å². The van der Waals surface area contributed by atoms with E-state index in [0.717, 1.165) is 134 Å². The average Bonchev–Trinajstić information content (AvgIpc) is 1.61. The molecule has 0 radical (unpaired) electrons. The zero-order valence-electron chi connectivity index (χ0n) is 58.7. The molecule has 0 aliphatic heterocycles. The summed E-state index contributed by atoms with van der Waals surface area (Å²) in [5.74, 6) is 3.15. The van der Waals surface area contributed by atoms with Gasteiger partial charge in [0.2, 0.25) is 0 Å². The lowest BCUT2D eigenvalue weighted by Gasteiger charge is -2.33. The summed E-state index contributed by atoms with van der Waals surface area (Å²) < 4.78 is 0. The molecule has 0 amide bonds. The number of hydrogen-bond donors (Lipinski definition) is 0. The maximum atomic E-state index is 5.39. The highest BCUT2D eigenvalue weighted by Gasteiger charge is 2.39. The van der Waals surface area contributed by atoms with Crippen LogP contribution >= 0.6 is 0 Å². The molecule has 107 heavy (non-hydrogen) atoms. The number of hydrogen-bond acceptors (Lipinski definition) is 8. The molecule has 0 atom stereocenters. The highest BCUT2D eigenvalue weighted by molar-refractivity contribution is 6.25. The lowest BCUT2D eigenvalue weighted by Crippen LogP contribution is -2.18. The molecule has 4 aromatic heterocycles. The number of fused-ring (bicyclic) bond motifs is 13. The molecule has 4 heterocycles. The Morgan fingerprint density at radius 3 is 0.841 bits per heavy atom. The average molecular weight is 1370 g/mol. The molecule has 8 heteroatoms. The van der Waals surface area contributed by atoms with Crippen LogP contribution in [0.2, 0.25) is 0 Å². The van der Waals surface area contributed by atoms with Gasteiger partial charge in [-0.2, -0.15) is 0 Å². The molecular formula is C99H66N8. The monoisotopic (exact) mass is 1370 g/mol. The van der Waals surface area contributed by atoms with Gasteiger partial charge in [0.1, 0.15) is 23.3 Å². The Kier molecular flexibility index (Phi) is 14.1. The van der Waals surface area contributed by atoms with Crippen molar-refractivity contribution in [2.75, 3.05) is 19.6 Å². The highest BCUT2D eigenvalue weighted by Crippen LogP contribution is 2.58. The standard InChI is InChI=1S/C99H66N8/c1-99(2)91-60-84(105(94-28-12-16-44-101-94)80-36-32-72-48-64-20-4-8-24-68(64)52-76(72)56-80)39-41-85(91)87-61-89-90(62-92(87)99)97(106(95-29-13-17-45-102-95)81-37-33-73-49-65-21-5-9-25-69(65)53-77(73)57-81)86-42-40-83(104(93-27-11-15-43-100-93)79-35-31-71-47-63-19-3-7-23-67(63)51-75(71)55-79)59-88(86)98(89)107(96-30-14-18-46-103-96)82-38-34-74-50-66-22-6-10-26-70(66)54-78(74)58-82/h3-62H,1-2H3. The minimum absolute atomic E-state index is 0.528. The van der Waals surface area contributed by atoms with E-state index in [-0.39, 0.29) is 0 Å². The molecular weight excluding hydrogens is 1300 g/mol. The Morgan fingerprint density at radius 1 is 0.196 bits per heavy atom. The van der Waals surface area contributed by atoms with Crippen molar-refractivity contribution in [2.45, 2.75) is 19.3 Å². The Bertz CT molecular complexity index is 7010. The van der Waals surface area contributed by atoms with Crippen LogP contribution < -0.4 is 19.6 Å². The third-order valence-electron chi connectivity index (χ3n) is 22.1. The van der Waals surface area contributed by atoms with Gasteiger partial charge in [-0.25, -0.2) is 19.9 Å². The minimum atomic E-state index is -0.528. The molecule has 20 aromatic rings. The van der Waals surface area contributed by atoms with Crippen LogP contribution in [-0.4, -0.2) is 19.9 Å². The van der Waals surface area contributed by atoms with Crippen molar-refractivity contribution in [2.24, 2.45) is 0 Å². The third-order valence-corrected chi connectivity index (χ3v) is 22.1. The predicted molar refractivity (Wildman–Crippen MR) is 449 cm³/mol. The van der Waals surface area contributed by atoms with E-state index in [0.29, 0.717) is 0 Å². The molecule has 502 valence electrons. The summed E-state index contributed by atoms with van der Waals surface area (Å²) in [6, 6.07) is 124. The number of aromatic nitrogens is 4. The van der Waals surface area contributed by atoms with E-state index >= 15 is 0 Å². The van der Waals surface area contributed by atoms with Crippen molar-refractivity contribution >= 4 is 176 Å². The molecule has 0 saturated carbocycles. The molecule has 0 unspecified atom stereocenters. The van der Waals surface area contributed by atoms with Crippen molar-refractivity contribution in [1.82, 2.24) is 19.9 Å². The van der Waals surface area contributed by atoms with Crippen molar-refractivity contribution in [3.8, 4) is 11.1 Å². The second kappa shape index (κ2) is 24.6. The van der Waals surface area contributed by atoms with E-state index < -0.39 is 5.41 Å². The maximum Gasteiger partial charge on any atom is 0.137 e. The van der Waals surface area contributed by atoms with Crippen LogP contribution in [0.3, 0.4) is 0 Å². The zero-order valence-corrected chi connectivity index (χ0v) is 58.7.